The first kappa shape index (κ1) is 22.7. The molecule has 1 saturated heterocycles. The maximum absolute atomic E-state index is 12.5. The Kier molecular flexibility index (Phi) is 7.21. The SMILES string of the molecule is CCS(=O)(=O)N(C)c1ccc(OC2CCN(C(=O)Nc3ccc(OC)cc3)CC2)nc1. The molecule has 2 heterocycles. The molecular weight excluding hydrogens is 420 g/mol. The van der Waals surface area contributed by atoms with Crippen molar-refractivity contribution in [3.63, 3.8) is 0 Å². The van der Waals surface area contributed by atoms with Crippen LogP contribution in [0.15, 0.2) is 42.6 Å². The Morgan fingerprint density at radius 2 is 1.87 bits per heavy atom. The average molecular weight is 449 g/mol. The van der Waals surface area contributed by atoms with Gasteiger partial charge in [-0.05, 0) is 37.3 Å². The molecule has 1 aromatic heterocycles. The van der Waals surface area contributed by atoms with Crippen LogP contribution in [0.1, 0.15) is 19.8 Å². The second-order valence-corrected chi connectivity index (χ2v) is 9.47. The number of pyridine rings is 1. The summed E-state index contributed by atoms with van der Waals surface area (Å²) in [5.74, 6) is 1.19. The summed E-state index contributed by atoms with van der Waals surface area (Å²) >= 11 is 0. The number of urea groups is 1. The molecule has 0 atom stereocenters. The lowest BCUT2D eigenvalue weighted by Crippen LogP contribution is -2.43. The number of hydrogen-bond donors (Lipinski definition) is 1. The van der Waals surface area contributed by atoms with Crippen molar-refractivity contribution in [3.05, 3.63) is 42.6 Å². The zero-order chi connectivity index (χ0) is 22.4. The lowest BCUT2D eigenvalue weighted by molar-refractivity contribution is 0.111. The van der Waals surface area contributed by atoms with Gasteiger partial charge in [0.1, 0.15) is 11.9 Å². The molecule has 0 saturated carbocycles. The van der Waals surface area contributed by atoms with Gasteiger partial charge in [0.25, 0.3) is 0 Å². The van der Waals surface area contributed by atoms with Gasteiger partial charge in [-0.1, -0.05) is 0 Å². The minimum absolute atomic E-state index is 0.0202. The Morgan fingerprint density at radius 1 is 1.19 bits per heavy atom. The van der Waals surface area contributed by atoms with Crippen molar-refractivity contribution >= 4 is 27.4 Å². The van der Waals surface area contributed by atoms with E-state index in [1.807, 2.05) is 0 Å². The highest BCUT2D eigenvalue weighted by molar-refractivity contribution is 7.92. The maximum Gasteiger partial charge on any atom is 0.321 e. The minimum atomic E-state index is -3.33. The van der Waals surface area contributed by atoms with E-state index in [9.17, 15) is 13.2 Å². The molecule has 1 aliphatic rings. The number of nitrogens with zero attached hydrogens (tertiary/aromatic N) is 3. The third kappa shape index (κ3) is 5.78. The van der Waals surface area contributed by atoms with Crippen molar-refractivity contribution in [1.82, 2.24) is 9.88 Å². The molecule has 0 aliphatic carbocycles. The zero-order valence-corrected chi connectivity index (χ0v) is 18.8. The van der Waals surface area contributed by atoms with Gasteiger partial charge < -0.3 is 19.7 Å². The van der Waals surface area contributed by atoms with Crippen molar-refractivity contribution in [2.75, 3.05) is 42.6 Å². The van der Waals surface area contributed by atoms with E-state index in [2.05, 4.69) is 10.3 Å². The van der Waals surface area contributed by atoms with Gasteiger partial charge in [-0.2, -0.15) is 0 Å². The summed E-state index contributed by atoms with van der Waals surface area (Å²) in [5.41, 5.74) is 1.20. The van der Waals surface area contributed by atoms with Gasteiger partial charge in [0.2, 0.25) is 15.9 Å². The summed E-state index contributed by atoms with van der Waals surface area (Å²) in [6, 6.07) is 10.4. The van der Waals surface area contributed by atoms with Crippen molar-refractivity contribution in [2.24, 2.45) is 0 Å². The lowest BCUT2D eigenvalue weighted by atomic mass is 10.1. The van der Waals surface area contributed by atoms with Crippen LogP contribution in [-0.2, 0) is 10.0 Å². The van der Waals surface area contributed by atoms with E-state index in [1.54, 1.807) is 55.3 Å². The lowest BCUT2D eigenvalue weighted by Gasteiger charge is -2.32. The van der Waals surface area contributed by atoms with Crippen LogP contribution in [0.5, 0.6) is 11.6 Å². The smallest absolute Gasteiger partial charge is 0.321 e. The number of carbonyl (C=O) groups is 1. The average Bonchev–Trinajstić information content (AvgIpc) is 2.80. The van der Waals surface area contributed by atoms with Crippen LogP contribution in [0.3, 0.4) is 0 Å². The highest BCUT2D eigenvalue weighted by Gasteiger charge is 2.24. The number of nitrogens with one attached hydrogen (secondary N) is 1. The molecule has 3 rings (SSSR count). The van der Waals surface area contributed by atoms with E-state index >= 15 is 0 Å². The molecule has 1 aliphatic heterocycles. The van der Waals surface area contributed by atoms with Crippen LogP contribution in [0.2, 0.25) is 0 Å². The van der Waals surface area contributed by atoms with Crippen LogP contribution in [-0.4, -0.2) is 63.4 Å². The summed E-state index contributed by atoms with van der Waals surface area (Å²) in [5, 5.41) is 2.89. The molecule has 0 unspecified atom stereocenters. The normalized spacial score (nSPS) is 14.7. The summed E-state index contributed by atoms with van der Waals surface area (Å²) < 4.78 is 36.2. The number of sulfonamides is 1. The standard InChI is InChI=1S/C21H28N4O5S/c1-4-31(27,28)24(2)17-7-10-20(22-15-17)30-19-11-13-25(14-12-19)21(26)23-16-5-8-18(29-3)9-6-16/h5-10,15,19H,4,11-14H2,1-3H3,(H,23,26). The molecule has 2 aromatic rings. The monoisotopic (exact) mass is 448 g/mol. The molecule has 1 fully saturated rings. The van der Waals surface area contributed by atoms with E-state index in [-0.39, 0.29) is 17.9 Å². The Labute approximate surface area is 183 Å². The predicted octanol–water partition coefficient (Wildman–Crippen LogP) is 2.95. The highest BCUT2D eigenvalue weighted by Crippen LogP contribution is 2.22. The van der Waals surface area contributed by atoms with E-state index in [0.29, 0.717) is 43.2 Å². The van der Waals surface area contributed by atoms with E-state index < -0.39 is 10.0 Å². The molecule has 0 spiro atoms. The molecule has 9 nitrogen and oxygen atoms in total. The summed E-state index contributed by atoms with van der Waals surface area (Å²) in [7, 11) is -0.230. The van der Waals surface area contributed by atoms with Crippen molar-refractivity contribution in [1.29, 1.82) is 0 Å². The fourth-order valence-corrected chi connectivity index (χ4v) is 4.02. The van der Waals surface area contributed by atoms with Gasteiger partial charge in [-0.3, -0.25) is 4.31 Å². The number of piperidine rings is 1. The zero-order valence-electron chi connectivity index (χ0n) is 17.9. The van der Waals surface area contributed by atoms with Crippen molar-refractivity contribution in [3.8, 4) is 11.6 Å². The summed E-state index contributed by atoms with van der Waals surface area (Å²) in [6.45, 7) is 2.74. The number of methoxy groups -OCH3 is 1. The number of ether oxygens (including phenoxy) is 2. The topological polar surface area (TPSA) is 101 Å². The van der Waals surface area contributed by atoms with E-state index in [4.69, 9.17) is 9.47 Å². The third-order valence-electron chi connectivity index (χ3n) is 5.22. The number of amides is 2. The fourth-order valence-electron chi connectivity index (χ4n) is 3.21. The first-order chi connectivity index (χ1) is 14.8. The van der Waals surface area contributed by atoms with E-state index in [1.165, 1.54) is 17.5 Å². The van der Waals surface area contributed by atoms with Gasteiger partial charge in [0.05, 0.1) is 24.7 Å². The van der Waals surface area contributed by atoms with Crippen LogP contribution < -0.4 is 19.1 Å². The number of rotatable bonds is 7. The molecule has 168 valence electrons. The molecule has 0 radical (unpaired) electrons. The molecule has 0 bridgehead atoms. The van der Waals surface area contributed by atoms with E-state index in [0.717, 1.165) is 5.75 Å². The number of carbonyl (C=O) groups excluding carboxylic acids is 1. The first-order valence-corrected chi connectivity index (χ1v) is 11.7. The first-order valence-electron chi connectivity index (χ1n) is 10.1. The molecular formula is C21H28N4O5S. The van der Waals surface area contributed by atoms with Gasteiger partial charge >= 0.3 is 6.03 Å². The van der Waals surface area contributed by atoms with Gasteiger partial charge in [-0.25, -0.2) is 18.2 Å². The largest absolute Gasteiger partial charge is 0.497 e. The van der Waals surface area contributed by atoms with Crippen LogP contribution in [0.4, 0.5) is 16.2 Å². The third-order valence-corrected chi connectivity index (χ3v) is 7.00. The maximum atomic E-state index is 12.5. The number of aromatic nitrogens is 1. The summed E-state index contributed by atoms with van der Waals surface area (Å²) in [4.78, 5) is 18.5. The highest BCUT2D eigenvalue weighted by atomic mass is 32.2. The Bertz CT molecular complexity index is 972. The van der Waals surface area contributed by atoms with Gasteiger partial charge in [0.15, 0.2) is 0 Å². The van der Waals surface area contributed by atoms with Crippen LogP contribution in [0, 0.1) is 0 Å². The van der Waals surface area contributed by atoms with Crippen LogP contribution >= 0.6 is 0 Å². The quantitative estimate of drug-likeness (QED) is 0.699. The molecule has 10 heteroatoms. The second-order valence-electron chi connectivity index (χ2n) is 7.19. The Morgan fingerprint density at radius 3 is 2.42 bits per heavy atom. The second kappa shape index (κ2) is 9.86. The number of hydrogen-bond acceptors (Lipinski definition) is 6. The predicted molar refractivity (Wildman–Crippen MR) is 119 cm³/mol. The van der Waals surface area contributed by atoms with Gasteiger partial charge in [0, 0.05) is 44.7 Å². The van der Waals surface area contributed by atoms with Crippen LogP contribution in [0.25, 0.3) is 0 Å². The number of likely N-dealkylation sites (tertiary alicyclic amines) is 1. The molecule has 31 heavy (non-hydrogen) atoms. The fraction of sp³-hybridized carbons (Fsp3) is 0.429. The number of anilines is 2. The van der Waals surface area contributed by atoms with Gasteiger partial charge in [-0.15, -0.1) is 0 Å². The molecule has 2 amide bonds. The Hall–Kier alpha value is -3.01. The minimum Gasteiger partial charge on any atom is -0.497 e. The number of benzene rings is 1. The summed E-state index contributed by atoms with van der Waals surface area (Å²) in [6.07, 6.45) is 2.80. The molecule has 1 N–H and O–H groups in total. The Balaban J connectivity index is 1.49. The van der Waals surface area contributed by atoms with Crippen molar-refractivity contribution < 1.29 is 22.7 Å². The molecule has 1 aromatic carbocycles. The van der Waals surface area contributed by atoms with Crippen molar-refractivity contribution in [2.45, 2.75) is 25.9 Å².